The molecule has 0 atom stereocenters. The van der Waals surface area contributed by atoms with E-state index in [0.717, 1.165) is 0 Å². The molecule has 0 saturated carbocycles. The number of H-pyrrole nitrogens is 1. The third kappa shape index (κ3) is 1.22. The second-order valence-electron chi connectivity index (χ2n) is 2.33. The van der Waals surface area contributed by atoms with Gasteiger partial charge in [-0.25, -0.2) is 19.7 Å². The van der Waals surface area contributed by atoms with Crippen LogP contribution in [0.2, 0.25) is 0 Å². The number of aromatic nitrogens is 4. The lowest BCUT2D eigenvalue weighted by Gasteiger charge is -1.95. The van der Waals surface area contributed by atoms with Gasteiger partial charge in [0.1, 0.15) is 5.52 Å². The summed E-state index contributed by atoms with van der Waals surface area (Å²) in [6.45, 7) is 0. The summed E-state index contributed by atoms with van der Waals surface area (Å²) in [6, 6.07) is 0. The Hall–Kier alpha value is -1.98. The topological polar surface area (TPSA) is 80.8 Å². The molecule has 0 aliphatic carbocycles. The third-order valence-corrected chi connectivity index (χ3v) is 1.54. The first kappa shape index (κ1) is 7.66. The number of ether oxygens (including phenoxy) is 1. The van der Waals surface area contributed by atoms with Crippen molar-refractivity contribution in [1.82, 2.24) is 19.9 Å². The van der Waals surface area contributed by atoms with Crippen LogP contribution in [0.1, 0.15) is 10.6 Å². The highest BCUT2D eigenvalue weighted by molar-refractivity contribution is 5.86. The first-order chi connectivity index (χ1) is 6.31. The first-order valence-corrected chi connectivity index (χ1v) is 3.55. The van der Waals surface area contributed by atoms with E-state index in [4.69, 9.17) is 0 Å². The number of aromatic amines is 1. The molecule has 6 heteroatoms. The van der Waals surface area contributed by atoms with Crippen molar-refractivity contribution >= 4 is 17.1 Å². The van der Waals surface area contributed by atoms with Crippen molar-refractivity contribution in [3.8, 4) is 0 Å². The van der Waals surface area contributed by atoms with Crippen LogP contribution in [-0.4, -0.2) is 33.0 Å². The van der Waals surface area contributed by atoms with Crippen molar-refractivity contribution in [1.29, 1.82) is 0 Å². The standard InChI is InChI=1S/C7H6N4O2/c1-13-7(12)6-8-2-4-5(11-6)10-3-9-4/h2-3H,1H3,(H,8,9,10,11). The van der Waals surface area contributed by atoms with Gasteiger partial charge in [-0.2, -0.15) is 0 Å². The van der Waals surface area contributed by atoms with Gasteiger partial charge in [-0.05, 0) is 0 Å². The van der Waals surface area contributed by atoms with Crippen LogP contribution in [0.4, 0.5) is 0 Å². The van der Waals surface area contributed by atoms with Gasteiger partial charge in [-0.1, -0.05) is 0 Å². The van der Waals surface area contributed by atoms with E-state index in [1.165, 1.54) is 19.6 Å². The molecule has 0 bridgehead atoms. The second kappa shape index (κ2) is 2.81. The highest BCUT2D eigenvalue weighted by atomic mass is 16.5. The number of hydrogen-bond donors (Lipinski definition) is 1. The van der Waals surface area contributed by atoms with Gasteiger partial charge in [-0.3, -0.25) is 0 Å². The van der Waals surface area contributed by atoms with E-state index in [1.807, 2.05) is 0 Å². The van der Waals surface area contributed by atoms with Gasteiger partial charge in [0, 0.05) is 0 Å². The van der Waals surface area contributed by atoms with E-state index in [-0.39, 0.29) is 5.82 Å². The lowest BCUT2D eigenvalue weighted by Crippen LogP contribution is -2.06. The lowest BCUT2D eigenvalue weighted by molar-refractivity contribution is 0.0587. The first-order valence-electron chi connectivity index (χ1n) is 3.55. The Morgan fingerprint density at radius 1 is 1.54 bits per heavy atom. The molecule has 2 aromatic heterocycles. The van der Waals surface area contributed by atoms with Gasteiger partial charge >= 0.3 is 5.97 Å². The number of rotatable bonds is 1. The minimum absolute atomic E-state index is 0.0158. The van der Waals surface area contributed by atoms with Crippen LogP contribution in [0.5, 0.6) is 0 Å². The summed E-state index contributed by atoms with van der Waals surface area (Å²) in [7, 11) is 1.28. The predicted octanol–water partition coefficient (Wildman–Crippen LogP) is 0.140. The van der Waals surface area contributed by atoms with Crippen LogP contribution >= 0.6 is 0 Å². The third-order valence-electron chi connectivity index (χ3n) is 1.54. The fraction of sp³-hybridized carbons (Fsp3) is 0.143. The van der Waals surface area contributed by atoms with Crippen LogP contribution in [-0.2, 0) is 4.74 Å². The number of hydrogen-bond acceptors (Lipinski definition) is 5. The number of methoxy groups -OCH3 is 1. The van der Waals surface area contributed by atoms with Gasteiger partial charge in [0.15, 0.2) is 5.65 Å². The minimum atomic E-state index is -0.565. The summed E-state index contributed by atoms with van der Waals surface area (Å²) in [5.41, 5.74) is 1.14. The molecule has 0 aliphatic rings. The second-order valence-corrected chi connectivity index (χ2v) is 2.33. The maximum absolute atomic E-state index is 11.0. The summed E-state index contributed by atoms with van der Waals surface area (Å²) in [5.74, 6) is -0.549. The molecule has 0 aliphatic heterocycles. The normalized spacial score (nSPS) is 10.2. The van der Waals surface area contributed by atoms with Crippen molar-refractivity contribution < 1.29 is 9.53 Å². The fourth-order valence-corrected chi connectivity index (χ4v) is 0.926. The van der Waals surface area contributed by atoms with Crippen molar-refractivity contribution in [2.75, 3.05) is 7.11 Å². The van der Waals surface area contributed by atoms with Crippen molar-refractivity contribution in [2.24, 2.45) is 0 Å². The molecular formula is C7H6N4O2. The van der Waals surface area contributed by atoms with E-state index >= 15 is 0 Å². The summed E-state index contributed by atoms with van der Waals surface area (Å²) in [4.78, 5) is 25.4. The smallest absolute Gasteiger partial charge is 0.376 e. The van der Waals surface area contributed by atoms with E-state index < -0.39 is 5.97 Å². The SMILES string of the molecule is COC(=O)c1ncc2[nH]cnc2n1. The zero-order valence-corrected chi connectivity index (χ0v) is 6.81. The molecule has 0 fully saturated rings. The van der Waals surface area contributed by atoms with Crippen molar-refractivity contribution in [2.45, 2.75) is 0 Å². The van der Waals surface area contributed by atoms with Crippen LogP contribution in [0.3, 0.4) is 0 Å². The largest absolute Gasteiger partial charge is 0.463 e. The Morgan fingerprint density at radius 2 is 2.38 bits per heavy atom. The van der Waals surface area contributed by atoms with Gasteiger partial charge in [-0.15, -0.1) is 0 Å². The Morgan fingerprint density at radius 3 is 3.15 bits per heavy atom. The molecular weight excluding hydrogens is 172 g/mol. The van der Waals surface area contributed by atoms with E-state index in [1.54, 1.807) is 0 Å². The monoisotopic (exact) mass is 178 g/mol. The van der Waals surface area contributed by atoms with Crippen LogP contribution < -0.4 is 0 Å². The van der Waals surface area contributed by atoms with Crippen molar-refractivity contribution in [3.63, 3.8) is 0 Å². The quantitative estimate of drug-likeness (QED) is 0.628. The molecule has 0 saturated heterocycles. The molecule has 0 aromatic carbocycles. The number of imidazole rings is 1. The molecule has 0 amide bonds. The minimum Gasteiger partial charge on any atom is -0.463 e. The van der Waals surface area contributed by atoms with E-state index in [9.17, 15) is 4.79 Å². The summed E-state index contributed by atoms with van der Waals surface area (Å²) >= 11 is 0. The maximum Gasteiger partial charge on any atom is 0.376 e. The van der Waals surface area contributed by atoms with E-state index in [0.29, 0.717) is 11.2 Å². The summed E-state index contributed by atoms with van der Waals surface area (Å²) in [5, 5.41) is 0. The van der Waals surface area contributed by atoms with Crippen LogP contribution in [0.15, 0.2) is 12.5 Å². The average Bonchev–Trinajstić information content (AvgIpc) is 2.63. The molecule has 0 radical (unpaired) electrons. The maximum atomic E-state index is 11.0. The number of nitrogens with zero attached hydrogens (tertiary/aromatic N) is 3. The van der Waals surface area contributed by atoms with Crippen LogP contribution in [0.25, 0.3) is 11.2 Å². The fourth-order valence-electron chi connectivity index (χ4n) is 0.926. The number of carbonyl (C=O) groups excluding carboxylic acids is 1. The van der Waals surface area contributed by atoms with Crippen molar-refractivity contribution in [3.05, 3.63) is 18.3 Å². The van der Waals surface area contributed by atoms with Gasteiger partial charge in [0.25, 0.3) is 0 Å². The van der Waals surface area contributed by atoms with Gasteiger partial charge < -0.3 is 9.72 Å². The highest BCUT2D eigenvalue weighted by Gasteiger charge is 2.10. The number of carbonyl (C=O) groups is 1. The zero-order chi connectivity index (χ0) is 9.26. The Bertz CT molecular complexity index is 450. The summed E-state index contributed by atoms with van der Waals surface area (Å²) in [6.07, 6.45) is 2.97. The van der Waals surface area contributed by atoms with E-state index in [2.05, 4.69) is 24.7 Å². The lowest BCUT2D eigenvalue weighted by atomic mass is 10.5. The molecule has 6 nitrogen and oxygen atoms in total. The number of nitrogens with one attached hydrogen (secondary N) is 1. The molecule has 2 aromatic rings. The summed E-state index contributed by atoms with van der Waals surface area (Å²) < 4.78 is 4.46. The molecule has 2 rings (SSSR count). The zero-order valence-electron chi connectivity index (χ0n) is 6.81. The Kier molecular flexibility index (Phi) is 1.66. The average molecular weight is 178 g/mol. The molecule has 66 valence electrons. The number of fused-ring (bicyclic) bond motifs is 1. The highest BCUT2D eigenvalue weighted by Crippen LogP contribution is 2.04. The predicted molar refractivity (Wildman–Crippen MR) is 43.0 cm³/mol. The molecule has 13 heavy (non-hydrogen) atoms. The van der Waals surface area contributed by atoms with Gasteiger partial charge in [0.2, 0.25) is 5.82 Å². The number of esters is 1. The molecule has 0 spiro atoms. The Balaban J connectivity index is 2.54. The van der Waals surface area contributed by atoms with Crippen LogP contribution in [0, 0.1) is 0 Å². The Labute approximate surface area is 73.0 Å². The molecule has 0 unspecified atom stereocenters. The van der Waals surface area contributed by atoms with Gasteiger partial charge in [0.05, 0.1) is 19.6 Å². The molecule has 1 N–H and O–H groups in total. The molecule has 2 heterocycles.